The van der Waals surface area contributed by atoms with Gasteiger partial charge in [0.25, 0.3) is 0 Å². The zero-order valence-corrected chi connectivity index (χ0v) is 9.98. The molecule has 2 rings (SSSR count). The van der Waals surface area contributed by atoms with Crippen LogP contribution in [0.25, 0.3) is 10.1 Å². The van der Waals surface area contributed by atoms with Gasteiger partial charge in [-0.2, -0.15) is 0 Å². The van der Waals surface area contributed by atoms with E-state index in [2.05, 4.69) is 41.6 Å². The Kier molecular flexibility index (Phi) is 2.38. The van der Waals surface area contributed by atoms with Gasteiger partial charge < -0.3 is 0 Å². The van der Waals surface area contributed by atoms with Crippen LogP contribution in [0.5, 0.6) is 0 Å². The highest BCUT2D eigenvalue weighted by Gasteiger charge is 2.05. The third-order valence-electron chi connectivity index (χ3n) is 2.04. The largest absolute Gasteiger partial charge is 0.297 e. The first-order chi connectivity index (χ1) is 6.22. The lowest BCUT2D eigenvalue weighted by Gasteiger charge is -1.97. The monoisotopic (exact) mass is 302 g/mol. The second-order valence-electron chi connectivity index (χ2n) is 2.85. The number of hydrogen-bond donors (Lipinski definition) is 0. The predicted molar refractivity (Wildman–Crippen MR) is 64.7 cm³/mol. The zero-order valence-electron chi connectivity index (χ0n) is 7.00. The first kappa shape index (κ1) is 9.15. The quantitative estimate of drug-likeness (QED) is 0.581. The van der Waals surface area contributed by atoms with Crippen molar-refractivity contribution in [3.05, 3.63) is 32.2 Å². The number of rotatable bonds is 1. The van der Waals surface area contributed by atoms with Crippen LogP contribution in [0, 0.1) is 10.5 Å². The molecule has 0 saturated carbocycles. The molecule has 1 aromatic heterocycles. The molecule has 0 radical (unpaired) electrons. The van der Waals surface area contributed by atoms with Crippen LogP contribution in [0.15, 0.2) is 18.2 Å². The SMILES string of the molecule is Cc1c(I)ccc2sc(C=O)cc12. The normalized spacial score (nSPS) is 10.6. The molecule has 1 heterocycles. The van der Waals surface area contributed by atoms with Crippen molar-refractivity contribution in [2.24, 2.45) is 0 Å². The Balaban J connectivity index is 2.83. The van der Waals surface area contributed by atoms with Gasteiger partial charge >= 0.3 is 0 Å². The highest BCUT2D eigenvalue weighted by atomic mass is 127. The Bertz CT molecular complexity index is 473. The molecule has 1 aromatic carbocycles. The summed E-state index contributed by atoms with van der Waals surface area (Å²) in [7, 11) is 0. The van der Waals surface area contributed by atoms with Crippen LogP contribution in [-0.4, -0.2) is 6.29 Å². The molecule has 0 saturated heterocycles. The number of thiophene rings is 1. The maximum atomic E-state index is 10.6. The Hall–Kier alpha value is -0.420. The summed E-state index contributed by atoms with van der Waals surface area (Å²) >= 11 is 3.86. The minimum atomic E-state index is 0.806. The second-order valence-corrected chi connectivity index (χ2v) is 5.13. The van der Waals surface area contributed by atoms with Gasteiger partial charge in [0.2, 0.25) is 0 Å². The van der Waals surface area contributed by atoms with E-state index in [1.165, 1.54) is 19.2 Å². The molecule has 0 atom stereocenters. The first-order valence-electron chi connectivity index (χ1n) is 3.86. The molecule has 66 valence electrons. The van der Waals surface area contributed by atoms with Crippen molar-refractivity contribution in [1.29, 1.82) is 0 Å². The maximum absolute atomic E-state index is 10.6. The lowest BCUT2D eigenvalue weighted by Crippen LogP contribution is -1.78. The molecule has 13 heavy (non-hydrogen) atoms. The molecule has 0 spiro atoms. The van der Waals surface area contributed by atoms with Gasteiger partial charge in [0.05, 0.1) is 4.88 Å². The number of carbonyl (C=O) groups excluding carboxylic acids is 1. The number of benzene rings is 1. The van der Waals surface area contributed by atoms with E-state index < -0.39 is 0 Å². The Morgan fingerprint density at radius 1 is 1.46 bits per heavy atom. The van der Waals surface area contributed by atoms with Gasteiger partial charge in [-0.1, -0.05) is 0 Å². The van der Waals surface area contributed by atoms with Crippen molar-refractivity contribution < 1.29 is 4.79 Å². The molecule has 1 nitrogen and oxygen atoms in total. The third kappa shape index (κ3) is 1.50. The van der Waals surface area contributed by atoms with Gasteiger partial charge in [-0.15, -0.1) is 11.3 Å². The first-order valence-corrected chi connectivity index (χ1v) is 5.75. The molecule has 0 fully saturated rings. The lowest BCUT2D eigenvalue weighted by atomic mass is 10.1. The molecule has 2 aromatic rings. The van der Waals surface area contributed by atoms with Crippen LogP contribution >= 0.6 is 33.9 Å². The average Bonchev–Trinajstić information content (AvgIpc) is 2.55. The smallest absolute Gasteiger partial charge is 0.160 e. The van der Waals surface area contributed by atoms with E-state index in [9.17, 15) is 4.79 Å². The summed E-state index contributed by atoms with van der Waals surface area (Å²) in [6.45, 7) is 2.09. The highest BCUT2D eigenvalue weighted by Crippen LogP contribution is 2.29. The summed E-state index contributed by atoms with van der Waals surface area (Å²) in [5.41, 5.74) is 1.27. The van der Waals surface area contributed by atoms with Crippen molar-refractivity contribution in [3.63, 3.8) is 0 Å². The van der Waals surface area contributed by atoms with Crippen LogP contribution in [0.3, 0.4) is 0 Å². The van der Waals surface area contributed by atoms with Gasteiger partial charge in [-0.25, -0.2) is 0 Å². The van der Waals surface area contributed by atoms with Crippen LogP contribution in [0.2, 0.25) is 0 Å². The summed E-state index contributed by atoms with van der Waals surface area (Å²) in [4.78, 5) is 11.4. The summed E-state index contributed by atoms with van der Waals surface area (Å²) in [5.74, 6) is 0. The van der Waals surface area contributed by atoms with Gasteiger partial charge in [-0.3, -0.25) is 4.79 Å². The third-order valence-corrected chi connectivity index (χ3v) is 4.23. The molecule has 0 unspecified atom stereocenters. The lowest BCUT2D eigenvalue weighted by molar-refractivity contribution is 0.112. The number of halogens is 1. The number of hydrogen-bond acceptors (Lipinski definition) is 2. The summed E-state index contributed by atoms with van der Waals surface area (Å²) in [6.07, 6.45) is 0.914. The summed E-state index contributed by atoms with van der Waals surface area (Å²) in [5, 5.41) is 1.21. The van der Waals surface area contributed by atoms with Crippen LogP contribution in [-0.2, 0) is 0 Å². The highest BCUT2D eigenvalue weighted by molar-refractivity contribution is 14.1. The van der Waals surface area contributed by atoms with E-state index in [0.717, 1.165) is 11.2 Å². The van der Waals surface area contributed by atoms with Gasteiger partial charge in [0, 0.05) is 8.27 Å². The van der Waals surface area contributed by atoms with Crippen LogP contribution in [0.4, 0.5) is 0 Å². The number of aldehydes is 1. The van der Waals surface area contributed by atoms with Crippen molar-refractivity contribution in [1.82, 2.24) is 0 Å². The van der Waals surface area contributed by atoms with Crippen molar-refractivity contribution in [2.45, 2.75) is 6.92 Å². The van der Waals surface area contributed by atoms with Gasteiger partial charge in [0.1, 0.15) is 0 Å². The molecule has 0 N–H and O–H groups in total. The number of carbonyl (C=O) groups is 1. The average molecular weight is 302 g/mol. The van der Waals surface area contributed by atoms with E-state index in [0.29, 0.717) is 0 Å². The Morgan fingerprint density at radius 3 is 2.92 bits per heavy atom. The fraction of sp³-hybridized carbons (Fsp3) is 0.100. The zero-order chi connectivity index (χ0) is 9.42. The van der Waals surface area contributed by atoms with Gasteiger partial charge in [-0.05, 0) is 58.7 Å². The Morgan fingerprint density at radius 2 is 2.23 bits per heavy atom. The topological polar surface area (TPSA) is 17.1 Å². The molecule has 0 aliphatic heterocycles. The summed E-state index contributed by atoms with van der Waals surface area (Å²) in [6, 6.07) is 6.12. The maximum Gasteiger partial charge on any atom is 0.160 e. The molecular weight excluding hydrogens is 295 g/mol. The van der Waals surface area contributed by atoms with E-state index in [-0.39, 0.29) is 0 Å². The molecular formula is C10H7IOS. The van der Waals surface area contributed by atoms with E-state index >= 15 is 0 Å². The minimum Gasteiger partial charge on any atom is -0.297 e. The van der Waals surface area contributed by atoms with E-state index in [1.54, 1.807) is 11.3 Å². The van der Waals surface area contributed by atoms with Crippen molar-refractivity contribution >= 4 is 50.3 Å². The fourth-order valence-corrected chi connectivity index (χ4v) is 2.71. The van der Waals surface area contributed by atoms with E-state index in [4.69, 9.17) is 0 Å². The Labute approximate surface area is 93.9 Å². The molecule has 0 aliphatic carbocycles. The standard InChI is InChI=1S/C10H7IOS/c1-6-8-4-7(5-12)13-10(8)3-2-9(6)11/h2-5H,1H3. The van der Waals surface area contributed by atoms with Crippen LogP contribution in [0.1, 0.15) is 15.2 Å². The summed E-state index contributed by atoms with van der Waals surface area (Å²) < 4.78 is 2.44. The predicted octanol–water partition coefficient (Wildman–Crippen LogP) is 3.63. The molecule has 3 heteroatoms. The minimum absolute atomic E-state index is 0.806. The number of fused-ring (bicyclic) bond motifs is 1. The second kappa shape index (κ2) is 3.38. The van der Waals surface area contributed by atoms with Crippen molar-refractivity contribution in [3.8, 4) is 0 Å². The fourth-order valence-electron chi connectivity index (χ4n) is 1.30. The van der Waals surface area contributed by atoms with E-state index in [1.807, 2.05) is 6.07 Å². The molecule has 0 amide bonds. The van der Waals surface area contributed by atoms with Crippen LogP contribution < -0.4 is 0 Å². The van der Waals surface area contributed by atoms with Crippen molar-refractivity contribution in [2.75, 3.05) is 0 Å². The van der Waals surface area contributed by atoms with Gasteiger partial charge in [0.15, 0.2) is 6.29 Å². The molecule has 0 aliphatic rings. The number of aryl methyl sites for hydroxylation is 1. The molecule has 0 bridgehead atoms.